The van der Waals surface area contributed by atoms with E-state index in [1.165, 1.54) is 11.1 Å². The lowest BCUT2D eigenvalue weighted by Crippen LogP contribution is -2.29. The summed E-state index contributed by atoms with van der Waals surface area (Å²) in [7, 11) is 0. The monoisotopic (exact) mass is 294 g/mol. The van der Waals surface area contributed by atoms with Gasteiger partial charge in [-0.15, -0.1) is 0 Å². The molecule has 0 N–H and O–H groups in total. The number of aromatic nitrogens is 4. The maximum Gasteiger partial charge on any atom is 0.237 e. The van der Waals surface area contributed by atoms with Crippen LogP contribution in [0.5, 0.6) is 0 Å². The number of hydrogen-bond donors (Lipinski definition) is 0. The highest BCUT2D eigenvalue weighted by Gasteiger charge is 2.38. The van der Waals surface area contributed by atoms with Gasteiger partial charge in [0.1, 0.15) is 6.54 Å². The summed E-state index contributed by atoms with van der Waals surface area (Å²) in [5, 5.41) is 8.32. The molecule has 4 rings (SSSR count). The number of aryl methyl sites for hydroxylation is 1. The maximum absolute atomic E-state index is 5.61. The molecular weight excluding hydrogens is 276 g/mol. The Hall–Kier alpha value is -2.43. The number of fused-ring (bicyclic) bond motifs is 1. The van der Waals surface area contributed by atoms with Crippen molar-refractivity contribution in [3.63, 3.8) is 0 Å². The molecule has 0 bridgehead atoms. The fourth-order valence-electron chi connectivity index (χ4n) is 3.35. The molecule has 0 amide bonds. The second-order valence-corrected chi connectivity index (χ2v) is 6.06. The average molecular weight is 294 g/mol. The number of hydrogen-bond acceptors (Lipinski definition) is 4. The summed E-state index contributed by atoms with van der Waals surface area (Å²) in [6.45, 7) is 2.74. The van der Waals surface area contributed by atoms with Gasteiger partial charge in [0.2, 0.25) is 5.89 Å². The zero-order valence-electron chi connectivity index (χ0n) is 12.6. The molecule has 22 heavy (non-hydrogen) atoms. The molecule has 0 aliphatic heterocycles. The van der Waals surface area contributed by atoms with E-state index in [-0.39, 0.29) is 5.41 Å². The van der Waals surface area contributed by atoms with E-state index in [2.05, 4.69) is 46.4 Å². The van der Waals surface area contributed by atoms with Gasteiger partial charge in [0, 0.05) is 12.4 Å². The molecule has 0 fully saturated rings. The Morgan fingerprint density at radius 2 is 2.18 bits per heavy atom. The number of benzene rings is 1. The second kappa shape index (κ2) is 5.09. The first-order valence-corrected chi connectivity index (χ1v) is 7.64. The average Bonchev–Trinajstić information content (AvgIpc) is 3.20. The molecule has 2 aromatic heterocycles. The smallest absolute Gasteiger partial charge is 0.237 e. The lowest BCUT2D eigenvalue weighted by molar-refractivity contribution is 0.297. The van der Waals surface area contributed by atoms with E-state index >= 15 is 0 Å². The maximum atomic E-state index is 5.61. The van der Waals surface area contributed by atoms with Gasteiger partial charge in [-0.25, -0.2) is 0 Å². The predicted molar refractivity (Wildman–Crippen MR) is 81.5 cm³/mol. The summed E-state index contributed by atoms with van der Waals surface area (Å²) in [5.41, 5.74) is 2.52. The Morgan fingerprint density at radius 1 is 1.27 bits per heavy atom. The van der Waals surface area contributed by atoms with Crippen molar-refractivity contribution >= 4 is 0 Å². The molecule has 0 spiro atoms. The highest BCUT2D eigenvalue weighted by molar-refractivity contribution is 5.40. The molecule has 0 saturated carbocycles. The fourth-order valence-corrected chi connectivity index (χ4v) is 3.35. The van der Waals surface area contributed by atoms with Gasteiger partial charge < -0.3 is 4.52 Å². The SMILES string of the molecule is CC1(c2nc(Cn3cccn3)no2)CCCc2ccccc21. The standard InChI is InChI=1S/C17H18N4O/c1-17(9-4-7-13-6-2-3-8-14(13)17)16-19-15(20-22-16)12-21-11-5-10-18-21/h2-3,5-6,8,10-11H,4,7,9,12H2,1H3. The molecule has 0 radical (unpaired) electrons. The molecule has 3 aromatic rings. The molecule has 5 nitrogen and oxygen atoms in total. The minimum Gasteiger partial charge on any atom is -0.338 e. The predicted octanol–water partition coefficient (Wildman–Crippen LogP) is 2.96. The van der Waals surface area contributed by atoms with Gasteiger partial charge in [-0.05, 0) is 43.4 Å². The van der Waals surface area contributed by atoms with E-state index in [4.69, 9.17) is 4.52 Å². The lowest BCUT2D eigenvalue weighted by Gasteiger charge is -2.32. The molecular formula is C17H18N4O. The van der Waals surface area contributed by atoms with Crippen molar-refractivity contribution in [2.75, 3.05) is 0 Å². The molecule has 1 aliphatic rings. The summed E-state index contributed by atoms with van der Waals surface area (Å²) in [6, 6.07) is 10.5. The van der Waals surface area contributed by atoms with Crippen molar-refractivity contribution in [1.29, 1.82) is 0 Å². The quantitative estimate of drug-likeness (QED) is 0.745. The fraction of sp³-hybridized carbons (Fsp3) is 0.353. The normalized spacial score (nSPS) is 20.8. The topological polar surface area (TPSA) is 56.7 Å². The van der Waals surface area contributed by atoms with Crippen LogP contribution in [0, 0.1) is 0 Å². The number of nitrogens with zero attached hydrogens (tertiary/aromatic N) is 4. The van der Waals surface area contributed by atoms with Crippen molar-refractivity contribution < 1.29 is 4.52 Å². The van der Waals surface area contributed by atoms with Crippen LogP contribution in [0.4, 0.5) is 0 Å². The highest BCUT2D eigenvalue weighted by Crippen LogP contribution is 2.41. The molecule has 2 heterocycles. The van der Waals surface area contributed by atoms with Gasteiger partial charge in [-0.2, -0.15) is 10.1 Å². The molecule has 112 valence electrons. The van der Waals surface area contributed by atoms with Crippen molar-refractivity contribution in [1.82, 2.24) is 19.9 Å². The molecule has 1 atom stereocenters. The Balaban J connectivity index is 1.69. The summed E-state index contributed by atoms with van der Waals surface area (Å²) < 4.78 is 7.41. The molecule has 0 saturated heterocycles. The van der Waals surface area contributed by atoms with Crippen molar-refractivity contribution in [2.24, 2.45) is 0 Å². The molecule has 1 aromatic carbocycles. The highest BCUT2D eigenvalue weighted by atomic mass is 16.5. The first-order valence-electron chi connectivity index (χ1n) is 7.64. The Labute approximate surface area is 129 Å². The van der Waals surface area contributed by atoms with Crippen molar-refractivity contribution in [3.05, 3.63) is 65.6 Å². The molecule has 1 aliphatic carbocycles. The van der Waals surface area contributed by atoms with Crippen LogP contribution in [0.3, 0.4) is 0 Å². The Bertz CT molecular complexity index is 778. The van der Waals surface area contributed by atoms with Crippen molar-refractivity contribution in [3.8, 4) is 0 Å². The van der Waals surface area contributed by atoms with Crippen LogP contribution in [0.25, 0.3) is 0 Å². The van der Waals surface area contributed by atoms with Gasteiger partial charge in [-0.3, -0.25) is 4.68 Å². The van der Waals surface area contributed by atoms with E-state index in [9.17, 15) is 0 Å². The first-order chi connectivity index (χ1) is 10.8. The minimum absolute atomic E-state index is 0.190. The zero-order valence-corrected chi connectivity index (χ0v) is 12.6. The summed E-state index contributed by atoms with van der Waals surface area (Å²) >= 11 is 0. The van der Waals surface area contributed by atoms with Gasteiger partial charge in [-0.1, -0.05) is 29.4 Å². The van der Waals surface area contributed by atoms with Crippen LogP contribution < -0.4 is 0 Å². The minimum atomic E-state index is -0.190. The van der Waals surface area contributed by atoms with E-state index in [0.29, 0.717) is 18.3 Å². The Morgan fingerprint density at radius 3 is 3.05 bits per heavy atom. The van der Waals surface area contributed by atoms with Gasteiger partial charge in [0.25, 0.3) is 0 Å². The van der Waals surface area contributed by atoms with Crippen LogP contribution in [0.15, 0.2) is 47.2 Å². The zero-order chi connectivity index (χ0) is 15.0. The third-order valence-electron chi connectivity index (χ3n) is 4.54. The van der Waals surface area contributed by atoms with E-state index in [1.54, 1.807) is 10.9 Å². The third kappa shape index (κ3) is 2.13. The summed E-state index contributed by atoms with van der Waals surface area (Å²) in [4.78, 5) is 4.64. The van der Waals surface area contributed by atoms with Crippen molar-refractivity contribution in [2.45, 2.75) is 38.1 Å². The van der Waals surface area contributed by atoms with Crippen LogP contribution in [0.2, 0.25) is 0 Å². The largest absolute Gasteiger partial charge is 0.338 e. The van der Waals surface area contributed by atoms with E-state index in [1.807, 2.05) is 12.3 Å². The van der Waals surface area contributed by atoms with Gasteiger partial charge >= 0.3 is 0 Å². The third-order valence-corrected chi connectivity index (χ3v) is 4.54. The summed E-state index contributed by atoms with van der Waals surface area (Å²) in [5.74, 6) is 1.38. The lowest BCUT2D eigenvalue weighted by atomic mass is 9.71. The van der Waals surface area contributed by atoms with Crippen LogP contribution in [0.1, 0.15) is 42.6 Å². The van der Waals surface area contributed by atoms with E-state index in [0.717, 1.165) is 19.3 Å². The van der Waals surface area contributed by atoms with Gasteiger partial charge in [0.15, 0.2) is 5.82 Å². The Kier molecular flexibility index (Phi) is 3.06. The van der Waals surface area contributed by atoms with Crippen LogP contribution >= 0.6 is 0 Å². The molecule has 1 unspecified atom stereocenters. The first kappa shape index (κ1) is 13.2. The van der Waals surface area contributed by atoms with E-state index < -0.39 is 0 Å². The van der Waals surface area contributed by atoms with Gasteiger partial charge in [0.05, 0.1) is 5.41 Å². The van der Waals surface area contributed by atoms with Crippen LogP contribution in [-0.2, 0) is 18.4 Å². The number of rotatable bonds is 3. The molecule has 5 heteroatoms. The summed E-state index contributed by atoms with van der Waals surface area (Å²) in [6.07, 6.45) is 6.95. The van der Waals surface area contributed by atoms with Crippen LogP contribution in [-0.4, -0.2) is 19.9 Å². The second-order valence-electron chi connectivity index (χ2n) is 6.06.